The van der Waals surface area contributed by atoms with E-state index in [9.17, 15) is 4.79 Å². The fourth-order valence-corrected chi connectivity index (χ4v) is 3.65. The number of hydrogen-bond acceptors (Lipinski definition) is 2. The van der Waals surface area contributed by atoms with Crippen LogP contribution >= 0.6 is 0 Å². The molecule has 0 aromatic heterocycles. The van der Waals surface area contributed by atoms with Crippen LogP contribution < -0.4 is 5.73 Å². The molecule has 2 atom stereocenters. The van der Waals surface area contributed by atoms with Crippen molar-refractivity contribution in [3.8, 4) is 0 Å². The maximum Gasteiger partial charge on any atom is 0.320 e. The van der Waals surface area contributed by atoms with Gasteiger partial charge in [-0.1, -0.05) is 12.8 Å². The lowest BCUT2D eigenvalue weighted by atomic mass is 9.83. The Morgan fingerprint density at radius 1 is 1.16 bits per heavy atom. The fraction of sp³-hybridized carbons (Fsp3) is 0.933. The second-order valence-corrected chi connectivity index (χ2v) is 5.96. The summed E-state index contributed by atoms with van der Waals surface area (Å²) >= 11 is 0. The zero-order valence-electron chi connectivity index (χ0n) is 12.3. The van der Waals surface area contributed by atoms with Crippen LogP contribution in [0.3, 0.4) is 0 Å². The third-order valence-electron chi connectivity index (χ3n) is 4.79. The van der Waals surface area contributed by atoms with Crippen LogP contribution in [0.15, 0.2) is 0 Å². The number of nitrogens with two attached hydrogens (primary N) is 1. The fourth-order valence-electron chi connectivity index (χ4n) is 3.65. The van der Waals surface area contributed by atoms with E-state index in [2.05, 4.69) is 16.7 Å². The van der Waals surface area contributed by atoms with Crippen LogP contribution in [0, 0.1) is 5.92 Å². The molecule has 0 bridgehead atoms. The van der Waals surface area contributed by atoms with Gasteiger partial charge in [-0.2, -0.15) is 0 Å². The number of carbonyl (C=O) groups is 1. The lowest BCUT2D eigenvalue weighted by Crippen LogP contribution is -2.53. The van der Waals surface area contributed by atoms with Crippen molar-refractivity contribution in [1.29, 1.82) is 0 Å². The summed E-state index contributed by atoms with van der Waals surface area (Å²) in [6.45, 7) is 5.51. The largest absolute Gasteiger partial charge is 0.330 e. The number of hydrogen-bond donors (Lipinski definition) is 1. The molecule has 2 amide bonds. The molecule has 2 unspecified atom stereocenters. The molecule has 1 aliphatic carbocycles. The number of piperidine rings is 1. The third-order valence-corrected chi connectivity index (χ3v) is 4.79. The van der Waals surface area contributed by atoms with Gasteiger partial charge >= 0.3 is 6.03 Å². The van der Waals surface area contributed by atoms with Gasteiger partial charge in [0.1, 0.15) is 0 Å². The van der Waals surface area contributed by atoms with Crippen LogP contribution in [-0.2, 0) is 0 Å². The summed E-state index contributed by atoms with van der Waals surface area (Å²) in [5.74, 6) is 0.502. The molecule has 19 heavy (non-hydrogen) atoms. The lowest BCUT2D eigenvalue weighted by molar-refractivity contribution is 0.0936. The Bertz CT molecular complexity index is 289. The normalized spacial score (nSPS) is 28.2. The molecule has 0 aromatic rings. The quantitative estimate of drug-likeness (QED) is 0.854. The minimum absolute atomic E-state index is 0.257. The highest BCUT2D eigenvalue weighted by Gasteiger charge is 2.33. The first kappa shape index (κ1) is 14.6. The van der Waals surface area contributed by atoms with Gasteiger partial charge in [0.15, 0.2) is 0 Å². The van der Waals surface area contributed by atoms with E-state index in [1.165, 1.54) is 25.7 Å². The maximum atomic E-state index is 12.7. The average Bonchev–Trinajstić information content (AvgIpc) is 2.49. The average molecular weight is 267 g/mol. The Balaban J connectivity index is 2.02. The van der Waals surface area contributed by atoms with E-state index in [1.807, 2.05) is 0 Å². The summed E-state index contributed by atoms with van der Waals surface area (Å²) in [7, 11) is 0. The minimum Gasteiger partial charge on any atom is -0.330 e. The number of urea groups is 1. The highest BCUT2D eigenvalue weighted by Crippen LogP contribution is 2.29. The van der Waals surface area contributed by atoms with Gasteiger partial charge in [-0.05, 0) is 51.5 Å². The van der Waals surface area contributed by atoms with E-state index in [1.54, 1.807) is 0 Å². The predicted octanol–water partition coefficient (Wildman–Crippen LogP) is 2.43. The van der Waals surface area contributed by atoms with Gasteiger partial charge in [0.05, 0.1) is 0 Å². The van der Waals surface area contributed by atoms with Crippen LogP contribution in [0.1, 0.15) is 51.9 Å². The summed E-state index contributed by atoms with van der Waals surface area (Å²) in [5, 5.41) is 0. The van der Waals surface area contributed by atoms with Gasteiger partial charge in [0.2, 0.25) is 0 Å². The number of carbonyl (C=O) groups excluding carboxylic acids is 1. The monoisotopic (exact) mass is 267 g/mol. The molecular formula is C15H29N3O. The summed E-state index contributed by atoms with van der Waals surface area (Å²) in [6.07, 6.45) is 8.42. The number of rotatable bonds is 3. The van der Waals surface area contributed by atoms with Gasteiger partial charge in [0.25, 0.3) is 0 Å². The first-order valence-electron chi connectivity index (χ1n) is 8.03. The van der Waals surface area contributed by atoms with E-state index >= 15 is 0 Å². The molecule has 1 aliphatic heterocycles. The number of likely N-dealkylation sites (tertiary alicyclic amines) is 1. The first-order valence-corrected chi connectivity index (χ1v) is 8.03. The van der Waals surface area contributed by atoms with Crippen LogP contribution in [0.4, 0.5) is 4.79 Å². The van der Waals surface area contributed by atoms with Gasteiger partial charge in [0, 0.05) is 25.7 Å². The SMILES string of the molecule is CCN(C(=O)N1CCCCC1)C1CCCCC1CN. The molecule has 1 saturated heterocycles. The Morgan fingerprint density at radius 2 is 1.84 bits per heavy atom. The summed E-state index contributed by atoms with van der Waals surface area (Å²) < 4.78 is 0. The molecular weight excluding hydrogens is 238 g/mol. The van der Waals surface area contributed by atoms with E-state index in [0.717, 1.165) is 38.9 Å². The molecule has 4 nitrogen and oxygen atoms in total. The van der Waals surface area contributed by atoms with Gasteiger partial charge < -0.3 is 15.5 Å². The van der Waals surface area contributed by atoms with Crippen LogP contribution in [0.5, 0.6) is 0 Å². The number of amides is 2. The van der Waals surface area contributed by atoms with Crippen molar-refractivity contribution >= 4 is 6.03 Å². The number of nitrogens with zero attached hydrogens (tertiary/aromatic N) is 2. The Morgan fingerprint density at radius 3 is 2.47 bits per heavy atom. The smallest absolute Gasteiger partial charge is 0.320 e. The Labute approximate surface area is 117 Å². The van der Waals surface area contributed by atoms with Gasteiger partial charge in [-0.25, -0.2) is 4.79 Å². The van der Waals surface area contributed by atoms with Crippen molar-refractivity contribution in [2.45, 2.75) is 57.9 Å². The third kappa shape index (κ3) is 3.41. The van der Waals surface area contributed by atoms with E-state index in [-0.39, 0.29) is 6.03 Å². The summed E-state index contributed by atoms with van der Waals surface area (Å²) in [5.41, 5.74) is 5.91. The van der Waals surface area contributed by atoms with Crippen molar-refractivity contribution in [3.05, 3.63) is 0 Å². The van der Waals surface area contributed by atoms with Crippen LogP contribution in [-0.4, -0.2) is 48.1 Å². The highest BCUT2D eigenvalue weighted by atomic mass is 16.2. The molecule has 2 aliphatic rings. The molecule has 1 heterocycles. The molecule has 0 spiro atoms. The van der Waals surface area contributed by atoms with Gasteiger partial charge in [-0.15, -0.1) is 0 Å². The zero-order valence-corrected chi connectivity index (χ0v) is 12.3. The van der Waals surface area contributed by atoms with E-state index < -0.39 is 0 Å². The maximum absolute atomic E-state index is 12.7. The van der Waals surface area contributed by atoms with Crippen molar-refractivity contribution in [3.63, 3.8) is 0 Å². The molecule has 4 heteroatoms. The summed E-state index contributed by atoms with van der Waals surface area (Å²) in [6, 6.07) is 0.630. The second kappa shape index (κ2) is 7.13. The van der Waals surface area contributed by atoms with Crippen molar-refractivity contribution in [1.82, 2.24) is 9.80 Å². The highest BCUT2D eigenvalue weighted by molar-refractivity contribution is 5.75. The van der Waals surface area contributed by atoms with Crippen LogP contribution in [0.2, 0.25) is 0 Å². The molecule has 1 saturated carbocycles. The summed E-state index contributed by atoms with van der Waals surface area (Å²) in [4.78, 5) is 16.9. The minimum atomic E-state index is 0.257. The van der Waals surface area contributed by atoms with Gasteiger partial charge in [-0.3, -0.25) is 0 Å². The van der Waals surface area contributed by atoms with E-state index in [0.29, 0.717) is 18.5 Å². The van der Waals surface area contributed by atoms with Crippen LogP contribution in [0.25, 0.3) is 0 Å². The first-order chi connectivity index (χ1) is 9.27. The van der Waals surface area contributed by atoms with E-state index in [4.69, 9.17) is 5.73 Å². The molecule has 0 radical (unpaired) electrons. The predicted molar refractivity (Wildman–Crippen MR) is 78.0 cm³/mol. The Kier molecular flexibility index (Phi) is 5.49. The molecule has 2 fully saturated rings. The van der Waals surface area contributed by atoms with Crippen molar-refractivity contribution in [2.75, 3.05) is 26.2 Å². The molecule has 110 valence electrons. The lowest BCUT2D eigenvalue weighted by Gasteiger charge is -2.42. The Hall–Kier alpha value is -0.770. The molecule has 2 rings (SSSR count). The molecule has 2 N–H and O–H groups in total. The van der Waals surface area contributed by atoms with Crippen molar-refractivity contribution in [2.24, 2.45) is 11.7 Å². The topological polar surface area (TPSA) is 49.6 Å². The zero-order chi connectivity index (χ0) is 13.7. The second-order valence-electron chi connectivity index (χ2n) is 5.96. The standard InChI is InChI=1S/C15H29N3O/c1-2-18(14-9-5-4-8-13(14)12-16)15(19)17-10-6-3-7-11-17/h13-14H,2-12,16H2,1H3. The van der Waals surface area contributed by atoms with Crippen molar-refractivity contribution < 1.29 is 4.79 Å². The molecule has 0 aromatic carbocycles.